The summed E-state index contributed by atoms with van der Waals surface area (Å²) in [6.07, 6.45) is 6.84. The topological polar surface area (TPSA) is 25.2 Å². The fourth-order valence-corrected chi connectivity index (χ4v) is 2.05. The minimum atomic E-state index is 0.272. The van der Waals surface area contributed by atoms with Crippen molar-refractivity contribution < 1.29 is 4.42 Å². The third-order valence-corrected chi connectivity index (χ3v) is 2.92. The number of rotatable bonds is 3. The highest BCUT2D eigenvalue weighted by Crippen LogP contribution is 2.21. The second-order valence-electron chi connectivity index (χ2n) is 3.64. The van der Waals surface area contributed by atoms with Gasteiger partial charge in [-0.05, 0) is 47.8 Å². The molecular weight excluding hydrogens is 242 g/mol. The van der Waals surface area contributed by atoms with Crippen LogP contribution in [0.3, 0.4) is 0 Å². The monoisotopic (exact) mass is 255 g/mol. The molecule has 76 valence electrons. The highest BCUT2D eigenvalue weighted by Gasteiger charge is 2.15. The first-order valence-electron chi connectivity index (χ1n) is 4.93. The van der Waals surface area contributed by atoms with Gasteiger partial charge in [0, 0.05) is 6.04 Å². The Morgan fingerprint density at radius 2 is 2.43 bits per heavy atom. The lowest BCUT2D eigenvalue weighted by atomic mass is 10.2. The third kappa shape index (κ3) is 2.28. The molecule has 0 saturated heterocycles. The van der Waals surface area contributed by atoms with Gasteiger partial charge >= 0.3 is 0 Å². The minimum Gasteiger partial charge on any atom is -0.453 e. The average molecular weight is 256 g/mol. The van der Waals surface area contributed by atoms with Gasteiger partial charge in [0.15, 0.2) is 4.67 Å². The highest BCUT2D eigenvalue weighted by atomic mass is 79.9. The number of furan rings is 1. The van der Waals surface area contributed by atoms with Gasteiger partial charge in [-0.3, -0.25) is 0 Å². The van der Waals surface area contributed by atoms with Crippen molar-refractivity contribution in [1.29, 1.82) is 0 Å². The van der Waals surface area contributed by atoms with Crippen LogP contribution in [0, 0.1) is 0 Å². The van der Waals surface area contributed by atoms with E-state index in [9.17, 15) is 0 Å². The van der Waals surface area contributed by atoms with Crippen LogP contribution in [0.4, 0.5) is 0 Å². The fourth-order valence-electron chi connectivity index (χ4n) is 1.74. The van der Waals surface area contributed by atoms with E-state index < -0.39 is 0 Å². The Kier molecular flexibility index (Phi) is 3.08. The van der Waals surface area contributed by atoms with Gasteiger partial charge in [-0.15, -0.1) is 0 Å². The number of hydrogen-bond donors (Lipinski definition) is 1. The molecule has 1 aromatic rings. The van der Waals surface area contributed by atoms with Crippen molar-refractivity contribution in [1.82, 2.24) is 5.32 Å². The summed E-state index contributed by atoms with van der Waals surface area (Å²) in [5, 5.41) is 3.51. The Bertz CT molecular complexity index is 332. The SMILES string of the molecule is CC(NC1C=CCC1)c1ccc(Br)o1. The fraction of sp³-hybridized carbons (Fsp3) is 0.455. The largest absolute Gasteiger partial charge is 0.453 e. The first-order valence-corrected chi connectivity index (χ1v) is 5.73. The van der Waals surface area contributed by atoms with E-state index in [0.717, 1.165) is 10.4 Å². The van der Waals surface area contributed by atoms with Gasteiger partial charge in [-0.2, -0.15) is 0 Å². The summed E-state index contributed by atoms with van der Waals surface area (Å²) in [5.74, 6) is 0.983. The predicted molar refractivity (Wildman–Crippen MR) is 60.1 cm³/mol. The molecule has 3 heteroatoms. The quantitative estimate of drug-likeness (QED) is 0.838. The second kappa shape index (κ2) is 4.32. The van der Waals surface area contributed by atoms with Crippen LogP contribution >= 0.6 is 15.9 Å². The van der Waals surface area contributed by atoms with E-state index >= 15 is 0 Å². The minimum absolute atomic E-state index is 0.272. The molecule has 1 N–H and O–H groups in total. The van der Waals surface area contributed by atoms with E-state index in [1.165, 1.54) is 12.8 Å². The van der Waals surface area contributed by atoms with Crippen LogP contribution in [0.25, 0.3) is 0 Å². The Balaban J connectivity index is 1.94. The molecule has 0 bridgehead atoms. The number of hydrogen-bond acceptors (Lipinski definition) is 2. The van der Waals surface area contributed by atoms with Gasteiger partial charge in [-0.1, -0.05) is 12.2 Å². The maximum absolute atomic E-state index is 5.49. The predicted octanol–water partition coefficient (Wildman–Crippen LogP) is 3.41. The van der Waals surface area contributed by atoms with Gasteiger partial charge in [0.25, 0.3) is 0 Å². The third-order valence-electron chi connectivity index (χ3n) is 2.50. The van der Waals surface area contributed by atoms with Crippen LogP contribution in [0.5, 0.6) is 0 Å². The van der Waals surface area contributed by atoms with Crippen molar-refractivity contribution in [3.63, 3.8) is 0 Å². The molecule has 0 aliphatic heterocycles. The Hall–Kier alpha value is -0.540. The lowest BCUT2D eigenvalue weighted by Gasteiger charge is -2.15. The maximum Gasteiger partial charge on any atom is 0.169 e. The summed E-state index contributed by atoms with van der Waals surface area (Å²) in [5.41, 5.74) is 0. The first-order chi connectivity index (χ1) is 6.75. The molecule has 2 rings (SSSR count). The Morgan fingerprint density at radius 1 is 1.57 bits per heavy atom. The standard InChI is InChI=1S/C11H14BrNO/c1-8(10-6-7-11(12)14-10)13-9-4-2-3-5-9/h2,4,6-9,13H,3,5H2,1H3. The molecule has 0 fully saturated rings. The van der Waals surface area contributed by atoms with E-state index in [-0.39, 0.29) is 6.04 Å². The van der Waals surface area contributed by atoms with Gasteiger partial charge < -0.3 is 9.73 Å². The van der Waals surface area contributed by atoms with Crippen molar-refractivity contribution in [2.45, 2.75) is 31.8 Å². The van der Waals surface area contributed by atoms with Gasteiger partial charge in [0.05, 0.1) is 6.04 Å². The summed E-state index contributed by atoms with van der Waals surface area (Å²) < 4.78 is 6.28. The molecule has 0 radical (unpaired) electrons. The van der Waals surface area contributed by atoms with E-state index in [0.29, 0.717) is 6.04 Å². The summed E-state index contributed by atoms with van der Waals surface area (Å²) in [6, 6.07) is 4.71. The number of allylic oxidation sites excluding steroid dienone is 1. The Labute approximate surface area is 92.5 Å². The molecule has 0 aromatic carbocycles. The second-order valence-corrected chi connectivity index (χ2v) is 4.42. The number of halogens is 1. The maximum atomic E-state index is 5.49. The van der Waals surface area contributed by atoms with Crippen LogP contribution < -0.4 is 5.32 Å². The van der Waals surface area contributed by atoms with Crippen molar-refractivity contribution in [3.05, 3.63) is 34.7 Å². The molecule has 1 aromatic heterocycles. The molecule has 0 spiro atoms. The zero-order valence-electron chi connectivity index (χ0n) is 8.16. The molecule has 0 saturated carbocycles. The molecule has 2 unspecified atom stereocenters. The van der Waals surface area contributed by atoms with Crippen molar-refractivity contribution in [3.8, 4) is 0 Å². The molecule has 1 aliphatic rings. The van der Waals surface area contributed by atoms with Crippen LogP contribution in [0.1, 0.15) is 31.6 Å². The van der Waals surface area contributed by atoms with Crippen molar-refractivity contribution >= 4 is 15.9 Å². The lowest BCUT2D eigenvalue weighted by Crippen LogP contribution is -2.27. The molecule has 2 nitrogen and oxygen atoms in total. The average Bonchev–Trinajstić information content (AvgIpc) is 2.75. The molecule has 0 amide bonds. The normalized spacial score (nSPS) is 22.9. The molecule has 2 atom stereocenters. The lowest BCUT2D eigenvalue weighted by molar-refractivity contribution is 0.400. The van der Waals surface area contributed by atoms with Crippen LogP contribution in [-0.2, 0) is 0 Å². The molecule has 1 aliphatic carbocycles. The highest BCUT2D eigenvalue weighted by molar-refractivity contribution is 9.10. The summed E-state index contributed by atoms with van der Waals surface area (Å²) >= 11 is 3.30. The summed E-state index contributed by atoms with van der Waals surface area (Å²) in [7, 11) is 0. The van der Waals surface area contributed by atoms with Gasteiger partial charge in [-0.25, -0.2) is 0 Å². The smallest absolute Gasteiger partial charge is 0.169 e. The van der Waals surface area contributed by atoms with Crippen LogP contribution in [-0.4, -0.2) is 6.04 Å². The molecule has 14 heavy (non-hydrogen) atoms. The zero-order chi connectivity index (χ0) is 9.97. The molecule has 1 heterocycles. The van der Waals surface area contributed by atoms with E-state index in [1.807, 2.05) is 12.1 Å². The first kappa shape index (κ1) is 9.99. The van der Waals surface area contributed by atoms with E-state index in [1.54, 1.807) is 0 Å². The van der Waals surface area contributed by atoms with Gasteiger partial charge in [0.2, 0.25) is 0 Å². The van der Waals surface area contributed by atoms with E-state index in [2.05, 4.69) is 40.3 Å². The van der Waals surface area contributed by atoms with Crippen LogP contribution in [0.15, 0.2) is 33.4 Å². The van der Waals surface area contributed by atoms with Crippen LogP contribution in [0.2, 0.25) is 0 Å². The van der Waals surface area contributed by atoms with Crippen molar-refractivity contribution in [2.24, 2.45) is 0 Å². The van der Waals surface area contributed by atoms with Gasteiger partial charge in [0.1, 0.15) is 5.76 Å². The summed E-state index contributed by atoms with van der Waals surface area (Å²) in [4.78, 5) is 0. The zero-order valence-corrected chi connectivity index (χ0v) is 9.75. The van der Waals surface area contributed by atoms with E-state index in [4.69, 9.17) is 4.42 Å². The van der Waals surface area contributed by atoms with Crippen molar-refractivity contribution in [2.75, 3.05) is 0 Å². The summed E-state index contributed by atoms with van der Waals surface area (Å²) in [6.45, 7) is 2.12. The molecular formula is C11H14BrNO. The number of nitrogens with one attached hydrogen (secondary N) is 1. The Morgan fingerprint density at radius 3 is 3.00 bits per heavy atom.